The van der Waals surface area contributed by atoms with Crippen molar-refractivity contribution >= 4 is 5.97 Å². The SMILES string of the molecule is O=C(O)CCc1[nH]ncc1-c1ccc2c(c1)OCO2. The Morgan fingerprint density at radius 1 is 1.37 bits per heavy atom. The first-order chi connectivity index (χ1) is 9.24. The Labute approximate surface area is 109 Å². The number of nitrogens with zero attached hydrogens (tertiary/aromatic N) is 1. The van der Waals surface area contributed by atoms with Crippen LogP contribution < -0.4 is 9.47 Å². The van der Waals surface area contributed by atoms with Crippen LogP contribution in [-0.4, -0.2) is 28.1 Å². The van der Waals surface area contributed by atoms with Gasteiger partial charge in [-0.15, -0.1) is 0 Å². The van der Waals surface area contributed by atoms with Gasteiger partial charge in [0.1, 0.15) is 0 Å². The molecule has 1 aromatic heterocycles. The number of carboxylic acids is 1. The highest BCUT2D eigenvalue weighted by molar-refractivity contribution is 5.71. The van der Waals surface area contributed by atoms with Crippen LogP contribution in [0.1, 0.15) is 12.1 Å². The molecule has 0 bridgehead atoms. The highest BCUT2D eigenvalue weighted by atomic mass is 16.7. The molecule has 1 aromatic carbocycles. The first kappa shape index (κ1) is 11.6. The molecule has 1 aliphatic rings. The van der Waals surface area contributed by atoms with Gasteiger partial charge in [0, 0.05) is 17.7 Å². The van der Waals surface area contributed by atoms with Gasteiger partial charge < -0.3 is 14.6 Å². The van der Waals surface area contributed by atoms with Crippen molar-refractivity contribution in [3.05, 3.63) is 30.1 Å². The van der Waals surface area contributed by atoms with Crippen molar-refractivity contribution in [1.29, 1.82) is 0 Å². The van der Waals surface area contributed by atoms with Crippen molar-refractivity contribution in [2.45, 2.75) is 12.8 Å². The Bertz CT molecular complexity index is 621. The van der Waals surface area contributed by atoms with Gasteiger partial charge in [-0.25, -0.2) is 0 Å². The zero-order valence-corrected chi connectivity index (χ0v) is 10.0. The molecule has 0 radical (unpaired) electrons. The van der Waals surface area contributed by atoms with Crippen LogP contribution in [0.25, 0.3) is 11.1 Å². The molecule has 98 valence electrons. The third-order valence-electron chi connectivity index (χ3n) is 2.99. The van der Waals surface area contributed by atoms with Crippen LogP contribution in [0.5, 0.6) is 11.5 Å². The van der Waals surface area contributed by atoms with E-state index in [1.54, 1.807) is 6.20 Å². The van der Waals surface area contributed by atoms with Gasteiger partial charge in [0.25, 0.3) is 0 Å². The average molecular weight is 260 g/mol. The number of carbonyl (C=O) groups is 1. The molecule has 2 aromatic rings. The molecule has 0 amide bonds. The van der Waals surface area contributed by atoms with E-state index in [0.29, 0.717) is 12.2 Å². The van der Waals surface area contributed by atoms with E-state index in [9.17, 15) is 4.79 Å². The Morgan fingerprint density at radius 2 is 2.21 bits per heavy atom. The van der Waals surface area contributed by atoms with Crippen molar-refractivity contribution in [1.82, 2.24) is 10.2 Å². The molecule has 0 fully saturated rings. The number of hydrogen-bond donors (Lipinski definition) is 2. The van der Waals surface area contributed by atoms with Gasteiger partial charge in [-0.1, -0.05) is 6.07 Å². The fourth-order valence-electron chi connectivity index (χ4n) is 2.05. The molecule has 2 N–H and O–H groups in total. The van der Waals surface area contributed by atoms with Gasteiger partial charge >= 0.3 is 5.97 Å². The number of aromatic nitrogens is 2. The molecule has 0 saturated heterocycles. The van der Waals surface area contributed by atoms with Crippen molar-refractivity contribution in [2.24, 2.45) is 0 Å². The molecule has 0 aliphatic carbocycles. The van der Waals surface area contributed by atoms with Gasteiger partial charge in [-0.3, -0.25) is 9.89 Å². The van der Waals surface area contributed by atoms with Crippen LogP contribution in [0.15, 0.2) is 24.4 Å². The number of H-pyrrole nitrogens is 1. The van der Waals surface area contributed by atoms with Crippen LogP contribution in [0, 0.1) is 0 Å². The number of aliphatic carboxylic acids is 1. The van der Waals surface area contributed by atoms with Crippen LogP contribution in [0.3, 0.4) is 0 Å². The summed E-state index contributed by atoms with van der Waals surface area (Å²) in [4.78, 5) is 10.6. The molecule has 0 spiro atoms. The lowest BCUT2D eigenvalue weighted by atomic mass is 10.0. The predicted octanol–water partition coefficient (Wildman–Crippen LogP) is 1.82. The molecule has 0 unspecified atom stereocenters. The summed E-state index contributed by atoms with van der Waals surface area (Å²) in [5.41, 5.74) is 2.62. The molecule has 3 rings (SSSR count). The lowest BCUT2D eigenvalue weighted by molar-refractivity contribution is -0.136. The molecular formula is C13H12N2O4. The fraction of sp³-hybridized carbons (Fsp3) is 0.231. The topological polar surface area (TPSA) is 84.4 Å². The second-order valence-corrected chi connectivity index (χ2v) is 4.22. The van der Waals surface area contributed by atoms with E-state index in [0.717, 1.165) is 22.6 Å². The number of hydrogen-bond acceptors (Lipinski definition) is 4. The minimum atomic E-state index is -0.828. The van der Waals surface area contributed by atoms with Crippen molar-refractivity contribution < 1.29 is 19.4 Å². The lowest BCUT2D eigenvalue weighted by Crippen LogP contribution is -1.98. The number of fused-ring (bicyclic) bond motifs is 1. The number of rotatable bonds is 4. The van der Waals surface area contributed by atoms with E-state index in [1.807, 2.05) is 18.2 Å². The Hall–Kier alpha value is -2.50. The Kier molecular flexibility index (Phi) is 2.83. The smallest absolute Gasteiger partial charge is 0.303 e. The minimum Gasteiger partial charge on any atom is -0.481 e. The second kappa shape index (κ2) is 4.64. The van der Waals surface area contributed by atoms with Crippen LogP contribution in [-0.2, 0) is 11.2 Å². The minimum absolute atomic E-state index is 0.0692. The quantitative estimate of drug-likeness (QED) is 0.876. The van der Waals surface area contributed by atoms with Crippen LogP contribution >= 0.6 is 0 Å². The van der Waals surface area contributed by atoms with Gasteiger partial charge in [-0.2, -0.15) is 5.10 Å². The normalized spacial score (nSPS) is 12.6. The van der Waals surface area contributed by atoms with Crippen LogP contribution in [0.2, 0.25) is 0 Å². The lowest BCUT2D eigenvalue weighted by Gasteiger charge is -2.03. The molecule has 0 atom stereocenters. The second-order valence-electron chi connectivity index (χ2n) is 4.22. The third kappa shape index (κ3) is 2.24. The van der Waals surface area contributed by atoms with Gasteiger partial charge in [0.2, 0.25) is 6.79 Å². The first-order valence-electron chi connectivity index (χ1n) is 5.88. The molecule has 6 nitrogen and oxygen atoms in total. The maximum atomic E-state index is 10.6. The number of benzene rings is 1. The molecular weight excluding hydrogens is 248 g/mol. The Balaban J connectivity index is 1.90. The highest BCUT2D eigenvalue weighted by Crippen LogP contribution is 2.36. The summed E-state index contributed by atoms with van der Waals surface area (Å²) in [6.45, 7) is 0.232. The van der Waals surface area contributed by atoms with E-state index in [-0.39, 0.29) is 13.2 Å². The third-order valence-corrected chi connectivity index (χ3v) is 2.99. The van der Waals surface area contributed by atoms with Crippen molar-refractivity contribution in [3.8, 4) is 22.6 Å². The summed E-state index contributed by atoms with van der Waals surface area (Å²) in [7, 11) is 0. The highest BCUT2D eigenvalue weighted by Gasteiger charge is 2.16. The predicted molar refractivity (Wildman–Crippen MR) is 66.1 cm³/mol. The van der Waals surface area contributed by atoms with E-state index in [4.69, 9.17) is 14.6 Å². The fourth-order valence-corrected chi connectivity index (χ4v) is 2.05. The molecule has 6 heteroatoms. The standard InChI is InChI=1S/C13H12N2O4/c16-13(17)4-2-10-9(6-14-15-10)8-1-3-11-12(5-8)19-7-18-11/h1,3,5-6H,2,4,7H2,(H,14,15)(H,16,17). The summed E-state index contributed by atoms with van der Waals surface area (Å²) in [5.74, 6) is 0.591. The number of nitrogens with one attached hydrogen (secondary N) is 1. The van der Waals surface area contributed by atoms with Crippen LogP contribution in [0.4, 0.5) is 0 Å². The number of aromatic amines is 1. The van der Waals surface area contributed by atoms with Gasteiger partial charge in [0.15, 0.2) is 11.5 Å². The molecule has 1 aliphatic heterocycles. The summed E-state index contributed by atoms with van der Waals surface area (Å²) in [5, 5.41) is 15.6. The zero-order valence-electron chi connectivity index (χ0n) is 10.0. The summed E-state index contributed by atoms with van der Waals surface area (Å²) < 4.78 is 10.6. The van der Waals surface area contributed by atoms with Crippen molar-refractivity contribution in [3.63, 3.8) is 0 Å². The maximum Gasteiger partial charge on any atom is 0.303 e. The van der Waals surface area contributed by atoms with E-state index in [1.165, 1.54) is 0 Å². The maximum absolute atomic E-state index is 10.6. The van der Waals surface area contributed by atoms with E-state index < -0.39 is 5.97 Å². The van der Waals surface area contributed by atoms with Crippen molar-refractivity contribution in [2.75, 3.05) is 6.79 Å². The number of ether oxygens (including phenoxy) is 2. The summed E-state index contributed by atoms with van der Waals surface area (Å²) >= 11 is 0. The summed E-state index contributed by atoms with van der Waals surface area (Å²) in [6, 6.07) is 5.62. The van der Waals surface area contributed by atoms with Gasteiger partial charge in [-0.05, 0) is 17.7 Å². The van der Waals surface area contributed by atoms with Gasteiger partial charge in [0.05, 0.1) is 12.6 Å². The Morgan fingerprint density at radius 3 is 3.05 bits per heavy atom. The zero-order chi connectivity index (χ0) is 13.2. The molecule has 19 heavy (non-hydrogen) atoms. The molecule has 0 saturated carbocycles. The average Bonchev–Trinajstić information content (AvgIpc) is 3.04. The van der Waals surface area contributed by atoms with E-state index >= 15 is 0 Å². The van der Waals surface area contributed by atoms with E-state index in [2.05, 4.69) is 10.2 Å². The monoisotopic (exact) mass is 260 g/mol. The number of aryl methyl sites for hydroxylation is 1. The summed E-state index contributed by atoms with van der Waals surface area (Å²) in [6.07, 6.45) is 2.17. The molecule has 2 heterocycles. The number of carboxylic acid groups (broad SMARTS) is 1. The largest absolute Gasteiger partial charge is 0.481 e. The first-order valence-corrected chi connectivity index (χ1v) is 5.88.